The lowest BCUT2D eigenvalue weighted by Gasteiger charge is -2.18. The molecule has 2 aromatic heterocycles. The third-order valence-electron chi connectivity index (χ3n) is 6.20. The number of fused-ring (bicyclic) bond motifs is 1. The average Bonchev–Trinajstić information content (AvgIpc) is 3.45. The summed E-state index contributed by atoms with van der Waals surface area (Å²) in [6, 6.07) is 5.02. The van der Waals surface area contributed by atoms with E-state index >= 15 is 0 Å². The molecular weight excluding hydrogens is 567 g/mol. The minimum Gasteiger partial charge on any atom is -0.481 e. The number of benzene rings is 1. The Morgan fingerprint density at radius 1 is 1.29 bits per heavy atom. The van der Waals surface area contributed by atoms with Crippen molar-refractivity contribution in [2.45, 2.75) is 64.8 Å². The molecule has 2 atom stereocenters. The van der Waals surface area contributed by atoms with Crippen molar-refractivity contribution in [1.82, 2.24) is 14.8 Å². The number of thiophene rings is 1. The number of carbonyl (C=O) groups excluding carboxylic acids is 2. The summed E-state index contributed by atoms with van der Waals surface area (Å²) in [6.45, 7) is 8.68. The number of carbonyl (C=O) groups is 2. The monoisotopic (exact) mass is 596 g/mol. The summed E-state index contributed by atoms with van der Waals surface area (Å²) in [4.78, 5) is 26.9. The first-order chi connectivity index (χ1) is 18.2. The molecule has 3 aromatic rings. The fraction of sp³-hybridized carbons (Fsp3) is 0.462. The Hall–Kier alpha value is -2.27. The van der Waals surface area contributed by atoms with Crippen LogP contribution in [0.5, 0.6) is 5.75 Å². The van der Waals surface area contributed by atoms with E-state index < -0.39 is 6.10 Å². The highest BCUT2D eigenvalue weighted by Gasteiger charge is 2.29. The topological polar surface area (TPSA) is 95.3 Å². The maximum absolute atomic E-state index is 13.0. The molecule has 0 saturated heterocycles. The number of nitrogens with zero attached hydrogens (tertiary/aromatic N) is 3. The first kappa shape index (κ1) is 28.7. The van der Waals surface area contributed by atoms with Crippen LogP contribution < -0.4 is 10.1 Å². The summed E-state index contributed by atoms with van der Waals surface area (Å²) < 4.78 is 13.2. The lowest BCUT2D eigenvalue weighted by molar-refractivity contribution is -0.113. The highest BCUT2D eigenvalue weighted by molar-refractivity contribution is 7.99. The molecule has 8 nitrogen and oxygen atoms in total. The Kier molecular flexibility index (Phi) is 9.62. The van der Waals surface area contributed by atoms with Gasteiger partial charge in [0.05, 0.1) is 22.9 Å². The van der Waals surface area contributed by atoms with Gasteiger partial charge < -0.3 is 19.4 Å². The summed E-state index contributed by atoms with van der Waals surface area (Å²) in [5, 5.41) is 13.7. The molecular formula is C26H30Cl2N4O4S2. The maximum Gasteiger partial charge on any atom is 0.341 e. The van der Waals surface area contributed by atoms with Crippen LogP contribution in [0, 0.1) is 5.92 Å². The standard InChI is InChI=1S/C26H30Cl2N4O4S2/c1-5-32-23(15(4)36-19-12-16(27)8-10-18(19)28)30-31-26(32)37-13-21(33)29-24-22(25(34)35-6-2)17-9-7-14(3)11-20(17)38-24/h8,10,12,14-15H,5-7,9,11,13H2,1-4H3,(H,29,33). The van der Waals surface area contributed by atoms with Gasteiger partial charge in [-0.3, -0.25) is 4.79 Å². The van der Waals surface area contributed by atoms with Crippen LogP contribution in [0.25, 0.3) is 0 Å². The van der Waals surface area contributed by atoms with E-state index in [2.05, 4.69) is 22.4 Å². The number of ether oxygens (including phenoxy) is 2. The van der Waals surface area contributed by atoms with Gasteiger partial charge in [-0.05, 0) is 63.6 Å². The molecule has 12 heteroatoms. The van der Waals surface area contributed by atoms with E-state index in [1.807, 2.05) is 18.4 Å². The molecule has 2 unspecified atom stereocenters. The number of esters is 1. The largest absolute Gasteiger partial charge is 0.481 e. The fourth-order valence-electron chi connectivity index (χ4n) is 4.37. The van der Waals surface area contributed by atoms with E-state index in [0.29, 0.717) is 49.8 Å². The number of amides is 1. The van der Waals surface area contributed by atoms with Crippen LogP contribution in [0.2, 0.25) is 10.0 Å². The molecule has 38 heavy (non-hydrogen) atoms. The highest BCUT2D eigenvalue weighted by atomic mass is 35.5. The van der Waals surface area contributed by atoms with Crippen molar-refractivity contribution in [2.24, 2.45) is 5.92 Å². The van der Waals surface area contributed by atoms with E-state index in [4.69, 9.17) is 32.7 Å². The highest BCUT2D eigenvalue weighted by Crippen LogP contribution is 2.40. The van der Waals surface area contributed by atoms with E-state index in [1.165, 1.54) is 23.1 Å². The van der Waals surface area contributed by atoms with Gasteiger partial charge in [0.25, 0.3) is 0 Å². The average molecular weight is 598 g/mol. The molecule has 4 rings (SSSR count). The van der Waals surface area contributed by atoms with Gasteiger partial charge in [0.2, 0.25) is 5.91 Å². The van der Waals surface area contributed by atoms with Crippen LogP contribution >= 0.6 is 46.3 Å². The van der Waals surface area contributed by atoms with Crippen molar-refractivity contribution in [2.75, 3.05) is 17.7 Å². The van der Waals surface area contributed by atoms with Gasteiger partial charge in [-0.2, -0.15) is 0 Å². The van der Waals surface area contributed by atoms with Crippen molar-refractivity contribution < 1.29 is 19.1 Å². The smallest absolute Gasteiger partial charge is 0.341 e. The Labute approximate surface area is 240 Å². The fourth-order valence-corrected chi connectivity index (χ4v) is 6.91. The zero-order valence-corrected chi connectivity index (χ0v) is 24.8. The molecule has 0 saturated carbocycles. The second-order valence-corrected chi connectivity index (χ2v) is 11.9. The minimum atomic E-state index is -0.450. The Balaban J connectivity index is 1.45. The van der Waals surface area contributed by atoms with E-state index in [1.54, 1.807) is 25.1 Å². The van der Waals surface area contributed by atoms with Crippen LogP contribution in [0.1, 0.15) is 66.8 Å². The van der Waals surface area contributed by atoms with Crippen LogP contribution in [-0.2, 0) is 28.9 Å². The van der Waals surface area contributed by atoms with Crippen molar-refractivity contribution in [1.29, 1.82) is 0 Å². The first-order valence-electron chi connectivity index (χ1n) is 12.5. The predicted octanol–water partition coefficient (Wildman–Crippen LogP) is 6.84. The van der Waals surface area contributed by atoms with Crippen LogP contribution in [0.3, 0.4) is 0 Å². The molecule has 0 aliphatic heterocycles. The summed E-state index contributed by atoms with van der Waals surface area (Å²) >= 11 is 15.1. The summed E-state index contributed by atoms with van der Waals surface area (Å²) in [7, 11) is 0. The van der Waals surface area contributed by atoms with E-state index in [0.717, 1.165) is 29.7 Å². The lowest BCUT2D eigenvalue weighted by atomic mass is 9.88. The minimum absolute atomic E-state index is 0.106. The Bertz CT molecular complexity index is 1330. The van der Waals surface area contributed by atoms with E-state index in [9.17, 15) is 9.59 Å². The van der Waals surface area contributed by atoms with Crippen molar-refractivity contribution in [3.8, 4) is 5.75 Å². The summed E-state index contributed by atoms with van der Waals surface area (Å²) in [5.74, 6) is 1.11. The number of nitrogens with one attached hydrogen (secondary N) is 1. The van der Waals surface area contributed by atoms with Crippen LogP contribution in [-0.4, -0.2) is 39.0 Å². The Morgan fingerprint density at radius 2 is 2.08 bits per heavy atom. The molecule has 0 fully saturated rings. The van der Waals surface area contributed by atoms with Gasteiger partial charge in [-0.15, -0.1) is 21.5 Å². The van der Waals surface area contributed by atoms with Crippen molar-refractivity contribution >= 4 is 63.2 Å². The molecule has 0 radical (unpaired) electrons. The van der Waals surface area contributed by atoms with Crippen LogP contribution in [0.4, 0.5) is 5.00 Å². The zero-order chi connectivity index (χ0) is 27.4. The number of rotatable bonds is 10. The van der Waals surface area contributed by atoms with E-state index in [-0.39, 0.29) is 24.2 Å². The third-order valence-corrected chi connectivity index (χ3v) is 8.88. The normalized spacial score (nSPS) is 15.6. The molecule has 1 amide bonds. The Morgan fingerprint density at radius 3 is 2.82 bits per heavy atom. The van der Waals surface area contributed by atoms with Crippen molar-refractivity contribution in [3.63, 3.8) is 0 Å². The number of halogens is 2. The van der Waals surface area contributed by atoms with Crippen LogP contribution in [0.15, 0.2) is 23.4 Å². The first-order valence-corrected chi connectivity index (χ1v) is 15.1. The number of anilines is 1. The second-order valence-electron chi connectivity index (χ2n) is 9.03. The second kappa shape index (κ2) is 12.7. The molecule has 1 N–H and O–H groups in total. The molecule has 0 spiro atoms. The molecule has 2 heterocycles. The van der Waals surface area contributed by atoms with Crippen molar-refractivity contribution in [3.05, 3.63) is 50.1 Å². The number of aromatic nitrogens is 3. The number of thioether (sulfide) groups is 1. The zero-order valence-electron chi connectivity index (χ0n) is 21.7. The predicted molar refractivity (Wildman–Crippen MR) is 152 cm³/mol. The van der Waals surface area contributed by atoms with Gasteiger partial charge in [0.1, 0.15) is 10.8 Å². The van der Waals surface area contributed by atoms with Gasteiger partial charge in [0.15, 0.2) is 17.1 Å². The molecule has 0 bridgehead atoms. The maximum atomic E-state index is 13.0. The SMILES string of the molecule is CCOC(=O)c1c(NC(=O)CSc2nnc(C(C)Oc3cc(Cl)ccc3Cl)n2CC)sc2c1CCC(C)C2. The quantitative estimate of drug-likeness (QED) is 0.202. The molecule has 1 aliphatic carbocycles. The molecule has 1 aliphatic rings. The van der Waals surface area contributed by atoms with Gasteiger partial charge in [-0.1, -0.05) is 41.9 Å². The van der Waals surface area contributed by atoms with Gasteiger partial charge >= 0.3 is 5.97 Å². The molecule has 1 aromatic carbocycles. The number of hydrogen-bond donors (Lipinski definition) is 1. The molecule has 204 valence electrons. The van der Waals surface area contributed by atoms with Gasteiger partial charge in [-0.25, -0.2) is 4.79 Å². The van der Waals surface area contributed by atoms with Gasteiger partial charge in [0, 0.05) is 22.5 Å². The third kappa shape index (κ3) is 6.47. The number of hydrogen-bond acceptors (Lipinski definition) is 8. The summed E-state index contributed by atoms with van der Waals surface area (Å²) in [6.07, 6.45) is 2.28. The lowest BCUT2D eigenvalue weighted by Crippen LogP contribution is -2.18. The summed E-state index contributed by atoms with van der Waals surface area (Å²) in [5.41, 5.74) is 1.51.